The number of nitrogens with zero attached hydrogens (tertiary/aromatic N) is 2. The molecule has 1 aromatic carbocycles. The van der Waals surface area contributed by atoms with Gasteiger partial charge in [0, 0.05) is 26.7 Å². The third-order valence-corrected chi connectivity index (χ3v) is 3.02. The lowest BCUT2D eigenvalue weighted by atomic mass is 10.3. The van der Waals surface area contributed by atoms with Gasteiger partial charge in [0.2, 0.25) is 0 Å². The number of benzene rings is 1. The first-order valence-corrected chi connectivity index (χ1v) is 7.19. The van der Waals surface area contributed by atoms with Crippen LogP contribution in [0.1, 0.15) is 12.8 Å². The van der Waals surface area contributed by atoms with E-state index >= 15 is 0 Å². The highest BCUT2D eigenvalue weighted by atomic mass is 19.2. The third kappa shape index (κ3) is 6.11. The molecule has 0 unspecified atom stereocenters. The van der Waals surface area contributed by atoms with Crippen molar-refractivity contribution in [3.63, 3.8) is 0 Å². The third-order valence-electron chi connectivity index (χ3n) is 3.02. The lowest BCUT2D eigenvalue weighted by Gasteiger charge is -2.21. The number of halogens is 2. The van der Waals surface area contributed by atoms with Crippen molar-refractivity contribution in [1.29, 1.82) is 0 Å². The summed E-state index contributed by atoms with van der Waals surface area (Å²) in [5, 5.41) is 3.15. The highest BCUT2D eigenvalue weighted by Gasteiger charge is 2.05. The van der Waals surface area contributed by atoms with E-state index in [2.05, 4.69) is 16.9 Å². The lowest BCUT2D eigenvalue weighted by Crippen LogP contribution is -2.41. The van der Waals surface area contributed by atoms with Gasteiger partial charge in [0.05, 0.1) is 6.54 Å². The zero-order valence-electron chi connectivity index (χ0n) is 13.1. The molecule has 0 aliphatic heterocycles. The Morgan fingerprint density at radius 3 is 2.82 bits per heavy atom. The lowest BCUT2D eigenvalue weighted by molar-refractivity contribution is 0.316. The predicted octanol–water partition coefficient (Wildman–Crippen LogP) is 2.82. The molecule has 0 aliphatic rings. The molecule has 0 amide bonds. The molecule has 122 valence electrons. The predicted molar refractivity (Wildman–Crippen MR) is 85.3 cm³/mol. The Balaban J connectivity index is 2.32. The summed E-state index contributed by atoms with van der Waals surface area (Å²) >= 11 is 0. The first kappa shape index (κ1) is 17.9. The van der Waals surface area contributed by atoms with Crippen molar-refractivity contribution in [3.8, 4) is 5.75 Å². The Morgan fingerprint density at radius 2 is 2.18 bits per heavy atom. The van der Waals surface area contributed by atoms with Crippen molar-refractivity contribution >= 4 is 5.96 Å². The Kier molecular flexibility index (Phi) is 7.96. The van der Waals surface area contributed by atoms with Gasteiger partial charge in [-0.3, -0.25) is 4.99 Å². The highest BCUT2D eigenvalue weighted by Crippen LogP contribution is 2.14. The minimum Gasteiger partial charge on any atom is -0.492 e. The van der Waals surface area contributed by atoms with Gasteiger partial charge in [-0.2, -0.15) is 0 Å². The van der Waals surface area contributed by atoms with Crippen molar-refractivity contribution in [2.45, 2.75) is 12.8 Å². The van der Waals surface area contributed by atoms with Crippen LogP contribution in [0.3, 0.4) is 0 Å². The van der Waals surface area contributed by atoms with Gasteiger partial charge in [-0.1, -0.05) is 6.08 Å². The molecule has 0 saturated heterocycles. The van der Waals surface area contributed by atoms with Gasteiger partial charge in [-0.15, -0.1) is 6.58 Å². The SMILES string of the molecule is C=CCCCN(C)C(=NC)NCCOc1ccc(F)c(F)c1. The summed E-state index contributed by atoms with van der Waals surface area (Å²) in [7, 11) is 3.66. The van der Waals surface area contributed by atoms with Gasteiger partial charge in [0.25, 0.3) is 0 Å². The van der Waals surface area contributed by atoms with Gasteiger partial charge in [0.1, 0.15) is 12.4 Å². The molecule has 6 heteroatoms. The van der Waals surface area contributed by atoms with Gasteiger partial charge in [0.15, 0.2) is 17.6 Å². The van der Waals surface area contributed by atoms with E-state index in [1.54, 1.807) is 7.05 Å². The summed E-state index contributed by atoms with van der Waals surface area (Å²) in [5.41, 5.74) is 0. The zero-order valence-corrected chi connectivity index (χ0v) is 13.1. The molecule has 1 N–H and O–H groups in total. The summed E-state index contributed by atoms with van der Waals surface area (Å²) in [6.45, 7) is 5.40. The van der Waals surface area contributed by atoms with E-state index < -0.39 is 11.6 Å². The molecule has 1 aromatic rings. The molecule has 0 fully saturated rings. The monoisotopic (exact) mass is 311 g/mol. The Bertz CT molecular complexity index is 506. The van der Waals surface area contributed by atoms with E-state index in [4.69, 9.17) is 4.74 Å². The Morgan fingerprint density at radius 1 is 1.41 bits per heavy atom. The number of guanidine groups is 1. The molecule has 0 radical (unpaired) electrons. The number of unbranched alkanes of at least 4 members (excludes halogenated alkanes) is 1. The average Bonchev–Trinajstić information content (AvgIpc) is 2.51. The molecule has 0 spiro atoms. The number of aliphatic imine (C=N–C) groups is 1. The zero-order chi connectivity index (χ0) is 16.4. The average molecular weight is 311 g/mol. The molecule has 1 rings (SSSR count). The van der Waals surface area contributed by atoms with Crippen LogP contribution >= 0.6 is 0 Å². The number of hydrogen-bond acceptors (Lipinski definition) is 2. The van der Waals surface area contributed by atoms with E-state index in [0.717, 1.165) is 37.5 Å². The van der Waals surface area contributed by atoms with Crippen molar-refractivity contribution in [1.82, 2.24) is 10.2 Å². The molecule has 0 bridgehead atoms. The van der Waals surface area contributed by atoms with Crippen LogP contribution in [-0.4, -0.2) is 44.7 Å². The summed E-state index contributed by atoms with van der Waals surface area (Å²) < 4.78 is 31.2. The molecule has 0 aromatic heterocycles. The maximum absolute atomic E-state index is 13.0. The minimum absolute atomic E-state index is 0.301. The first-order chi connectivity index (χ1) is 10.6. The summed E-state index contributed by atoms with van der Waals surface area (Å²) in [6.07, 6.45) is 3.85. The fourth-order valence-corrected chi connectivity index (χ4v) is 1.86. The maximum Gasteiger partial charge on any atom is 0.193 e. The fourth-order valence-electron chi connectivity index (χ4n) is 1.86. The molecule has 0 heterocycles. The van der Waals surface area contributed by atoms with Crippen molar-refractivity contribution in [2.24, 2.45) is 4.99 Å². The quantitative estimate of drug-likeness (QED) is 0.347. The van der Waals surface area contributed by atoms with Gasteiger partial charge in [-0.05, 0) is 25.0 Å². The van der Waals surface area contributed by atoms with Crippen molar-refractivity contribution in [2.75, 3.05) is 33.8 Å². The molecule has 0 saturated carbocycles. The number of allylic oxidation sites excluding steroid dienone is 1. The highest BCUT2D eigenvalue weighted by molar-refractivity contribution is 5.79. The van der Waals surface area contributed by atoms with E-state index in [0.29, 0.717) is 18.9 Å². The van der Waals surface area contributed by atoms with Crippen LogP contribution in [0.4, 0.5) is 8.78 Å². The van der Waals surface area contributed by atoms with E-state index in [-0.39, 0.29) is 0 Å². The van der Waals surface area contributed by atoms with Crippen LogP contribution in [0.2, 0.25) is 0 Å². The second-order valence-electron chi connectivity index (χ2n) is 4.75. The minimum atomic E-state index is -0.914. The van der Waals surface area contributed by atoms with Crippen molar-refractivity contribution < 1.29 is 13.5 Å². The number of hydrogen-bond donors (Lipinski definition) is 1. The summed E-state index contributed by atoms with van der Waals surface area (Å²) in [5.74, 6) is -0.733. The Hall–Kier alpha value is -2.11. The van der Waals surface area contributed by atoms with Crippen molar-refractivity contribution in [3.05, 3.63) is 42.5 Å². The van der Waals surface area contributed by atoms with Crippen LogP contribution in [0.15, 0.2) is 35.8 Å². The van der Waals surface area contributed by atoms with E-state index in [9.17, 15) is 8.78 Å². The number of rotatable bonds is 8. The second-order valence-corrected chi connectivity index (χ2v) is 4.75. The van der Waals surface area contributed by atoms with Gasteiger partial charge in [-0.25, -0.2) is 8.78 Å². The Labute approximate surface area is 130 Å². The van der Waals surface area contributed by atoms with Crippen LogP contribution in [0, 0.1) is 11.6 Å². The molecular weight excluding hydrogens is 288 g/mol. The first-order valence-electron chi connectivity index (χ1n) is 7.19. The maximum atomic E-state index is 13.0. The smallest absolute Gasteiger partial charge is 0.193 e. The second kappa shape index (κ2) is 9.76. The molecule has 4 nitrogen and oxygen atoms in total. The summed E-state index contributed by atoms with van der Waals surface area (Å²) in [6, 6.07) is 3.48. The normalized spacial score (nSPS) is 11.2. The van der Waals surface area contributed by atoms with Crippen LogP contribution in [-0.2, 0) is 0 Å². The van der Waals surface area contributed by atoms with Crippen LogP contribution in [0.25, 0.3) is 0 Å². The van der Waals surface area contributed by atoms with E-state index in [1.165, 1.54) is 6.07 Å². The fraction of sp³-hybridized carbons (Fsp3) is 0.438. The van der Waals surface area contributed by atoms with Crippen LogP contribution < -0.4 is 10.1 Å². The standard InChI is InChI=1S/C16H23F2N3O/c1-4-5-6-10-21(3)16(19-2)20-9-11-22-13-7-8-14(17)15(18)12-13/h4,7-8,12H,1,5-6,9-11H2,2-3H3,(H,19,20). The molecule has 0 aliphatic carbocycles. The molecule has 22 heavy (non-hydrogen) atoms. The number of nitrogens with one attached hydrogen (secondary N) is 1. The molecular formula is C16H23F2N3O. The largest absolute Gasteiger partial charge is 0.492 e. The molecule has 0 atom stereocenters. The van der Waals surface area contributed by atoms with Gasteiger partial charge < -0.3 is 15.0 Å². The van der Waals surface area contributed by atoms with E-state index in [1.807, 2.05) is 18.0 Å². The number of ether oxygens (including phenoxy) is 1. The van der Waals surface area contributed by atoms with Crippen LogP contribution in [0.5, 0.6) is 5.75 Å². The topological polar surface area (TPSA) is 36.9 Å². The van der Waals surface area contributed by atoms with Gasteiger partial charge >= 0.3 is 0 Å². The summed E-state index contributed by atoms with van der Waals surface area (Å²) in [4.78, 5) is 6.19.